The van der Waals surface area contributed by atoms with Crippen LogP contribution in [0.5, 0.6) is 0 Å². The molecule has 2 saturated heterocycles. The van der Waals surface area contributed by atoms with Crippen LogP contribution in [0.4, 0.5) is 0 Å². The van der Waals surface area contributed by atoms with Crippen molar-refractivity contribution in [1.82, 2.24) is 24.8 Å². The van der Waals surface area contributed by atoms with Gasteiger partial charge in [-0.25, -0.2) is 4.98 Å². The summed E-state index contributed by atoms with van der Waals surface area (Å²) in [5.74, 6) is 1.31. The van der Waals surface area contributed by atoms with E-state index in [0.717, 1.165) is 68.9 Å². The van der Waals surface area contributed by atoms with Gasteiger partial charge in [0.1, 0.15) is 5.82 Å². The lowest BCUT2D eigenvalue weighted by molar-refractivity contribution is -0.150. The van der Waals surface area contributed by atoms with Crippen molar-refractivity contribution < 1.29 is 4.79 Å². The molecule has 6 heteroatoms. The van der Waals surface area contributed by atoms with Crippen molar-refractivity contribution in [2.75, 3.05) is 19.6 Å². The number of imidazole rings is 1. The van der Waals surface area contributed by atoms with Crippen LogP contribution >= 0.6 is 0 Å². The predicted octanol–water partition coefficient (Wildman–Crippen LogP) is 2.52. The van der Waals surface area contributed by atoms with Gasteiger partial charge < -0.3 is 9.88 Å². The molecule has 26 heavy (non-hydrogen) atoms. The van der Waals surface area contributed by atoms with Gasteiger partial charge in [-0.3, -0.25) is 14.7 Å². The van der Waals surface area contributed by atoms with Crippen molar-refractivity contribution in [1.29, 1.82) is 0 Å². The fourth-order valence-electron chi connectivity index (χ4n) is 4.41. The smallest absolute Gasteiger partial charge is 0.229 e. The van der Waals surface area contributed by atoms with Gasteiger partial charge in [-0.1, -0.05) is 6.07 Å². The predicted molar refractivity (Wildman–Crippen MR) is 99.2 cm³/mol. The molecule has 0 bridgehead atoms. The molecule has 0 aromatic carbocycles. The average Bonchev–Trinajstić information content (AvgIpc) is 3.07. The van der Waals surface area contributed by atoms with Gasteiger partial charge in [-0.2, -0.15) is 0 Å². The molecular formula is C20H27N5O. The molecule has 138 valence electrons. The van der Waals surface area contributed by atoms with E-state index >= 15 is 0 Å². The maximum atomic E-state index is 13.2. The van der Waals surface area contributed by atoms with E-state index in [1.807, 2.05) is 25.4 Å². The monoisotopic (exact) mass is 353 g/mol. The first-order valence-electron chi connectivity index (χ1n) is 9.56. The molecule has 0 radical (unpaired) electrons. The molecule has 2 aliphatic heterocycles. The van der Waals surface area contributed by atoms with Crippen LogP contribution in [-0.4, -0.2) is 50.3 Å². The zero-order valence-electron chi connectivity index (χ0n) is 15.4. The molecule has 1 N–H and O–H groups in total. The number of nitrogens with one attached hydrogen (secondary N) is 1. The zero-order valence-corrected chi connectivity index (χ0v) is 15.4. The lowest BCUT2D eigenvalue weighted by Gasteiger charge is -2.46. The van der Waals surface area contributed by atoms with Gasteiger partial charge in [0.05, 0.1) is 5.41 Å². The van der Waals surface area contributed by atoms with Crippen molar-refractivity contribution in [3.63, 3.8) is 0 Å². The molecule has 0 aliphatic carbocycles. The number of likely N-dealkylation sites (tertiary alicyclic amines) is 2. The van der Waals surface area contributed by atoms with E-state index in [1.165, 1.54) is 0 Å². The van der Waals surface area contributed by atoms with E-state index in [9.17, 15) is 4.79 Å². The lowest BCUT2D eigenvalue weighted by Crippen LogP contribution is -2.53. The largest absolute Gasteiger partial charge is 0.345 e. The van der Waals surface area contributed by atoms with Gasteiger partial charge in [0.25, 0.3) is 0 Å². The second-order valence-corrected chi connectivity index (χ2v) is 7.74. The first-order valence-corrected chi connectivity index (χ1v) is 9.56. The highest BCUT2D eigenvalue weighted by Crippen LogP contribution is 2.41. The van der Waals surface area contributed by atoms with Crippen molar-refractivity contribution >= 4 is 5.91 Å². The number of hydrogen-bond donors (Lipinski definition) is 1. The maximum absolute atomic E-state index is 13.2. The normalized spacial score (nSPS) is 20.7. The van der Waals surface area contributed by atoms with E-state index in [-0.39, 0.29) is 5.41 Å². The highest BCUT2D eigenvalue weighted by molar-refractivity contribution is 5.83. The second-order valence-electron chi connectivity index (χ2n) is 7.74. The number of carbonyl (C=O) groups is 1. The first-order chi connectivity index (χ1) is 12.6. The van der Waals surface area contributed by atoms with Crippen molar-refractivity contribution in [3.05, 3.63) is 47.8 Å². The van der Waals surface area contributed by atoms with Gasteiger partial charge in [0.15, 0.2) is 0 Å². The third-order valence-electron chi connectivity index (χ3n) is 5.88. The van der Waals surface area contributed by atoms with E-state index in [1.54, 1.807) is 6.20 Å². The average molecular weight is 353 g/mol. The van der Waals surface area contributed by atoms with Gasteiger partial charge in [-0.05, 0) is 57.3 Å². The zero-order chi connectivity index (χ0) is 18.0. The summed E-state index contributed by atoms with van der Waals surface area (Å²) in [6.45, 7) is 6.38. The molecule has 4 rings (SSSR count). The molecule has 0 unspecified atom stereocenters. The van der Waals surface area contributed by atoms with Gasteiger partial charge in [0.2, 0.25) is 5.91 Å². The SMILES string of the molecule is Cc1ncc(CN2CCC3(CCCN(Cc4cccnc4)C3=O)CC2)[nH]1. The Morgan fingerprint density at radius 1 is 1.15 bits per heavy atom. The van der Waals surface area contributed by atoms with E-state index in [4.69, 9.17) is 0 Å². The number of aromatic nitrogens is 3. The van der Waals surface area contributed by atoms with Crippen LogP contribution < -0.4 is 0 Å². The van der Waals surface area contributed by atoms with Crippen LogP contribution in [0.1, 0.15) is 42.8 Å². The second kappa shape index (κ2) is 7.19. The molecule has 0 atom stereocenters. The molecule has 2 aromatic rings. The summed E-state index contributed by atoms with van der Waals surface area (Å²) in [5.41, 5.74) is 2.12. The number of carbonyl (C=O) groups excluding carboxylic acids is 1. The number of H-pyrrole nitrogens is 1. The van der Waals surface area contributed by atoms with E-state index < -0.39 is 0 Å². The quantitative estimate of drug-likeness (QED) is 0.917. The standard InChI is InChI=1S/C20H27N5O/c1-16-22-13-18(23-16)15-24-10-6-20(7-11-24)5-3-9-25(19(20)26)14-17-4-2-8-21-12-17/h2,4,8,12-13H,3,5-7,9-11,14-15H2,1H3,(H,22,23). The highest BCUT2D eigenvalue weighted by atomic mass is 16.2. The lowest BCUT2D eigenvalue weighted by atomic mass is 9.71. The summed E-state index contributed by atoms with van der Waals surface area (Å²) >= 11 is 0. The maximum Gasteiger partial charge on any atom is 0.229 e. The molecule has 2 aromatic heterocycles. The Kier molecular flexibility index (Phi) is 4.76. The molecule has 2 fully saturated rings. The molecule has 1 spiro atoms. The Morgan fingerprint density at radius 2 is 2.00 bits per heavy atom. The summed E-state index contributed by atoms with van der Waals surface area (Å²) in [6, 6.07) is 3.99. The number of piperidine rings is 2. The summed E-state index contributed by atoms with van der Waals surface area (Å²) in [6.07, 6.45) is 9.62. The van der Waals surface area contributed by atoms with Crippen LogP contribution in [-0.2, 0) is 17.9 Å². The Labute approximate surface area is 154 Å². The third kappa shape index (κ3) is 3.51. The van der Waals surface area contributed by atoms with E-state index in [0.29, 0.717) is 12.5 Å². The molecular weight excluding hydrogens is 326 g/mol. The summed E-state index contributed by atoms with van der Waals surface area (Å²) in [7, 11) is 0. The first kappa shape index (κ1) is 17.2. The van der Waals surface area contributed by atoms with Gasteiger partial charge in [0, 0.05) is 43.9 Å². The van der Waals surface area contributed by atoms with Crippen molar-refractivity contribution in [2.24, 2.45) is 5.41 Å². The van der Waals surface area contributed by atoms with Crippen molar-refractivity contribution in [2.45, 2.75) is 45.7 Å². The van der Waals surface area contributed by atoms with Gasteiger partial charge >= 0.3 is 0 Å². The number of amides is 1. The topological polar surface area (TPSA) is 65.1 Å². The number of rotatable bonds is 4. The Morgan fingerprint density at radius 3 is 2.69 bits per heavy atom. The summed E-state index contributed by atoms with van der Waals surface area (Å²) in [4.78, 5) is 29.5. The molecule has 4 heterocycles. The number of aryl methyl sites for hydroxylation is 1. The Bertz CT molecular complexity index is 749. The molecule has 6 nitrogen and oxygen atoms in total. The van der Waals surface area contributed by atoms with Crippen LogP contribution in [0.25, 0.3) is 0 Å². The third-order valence-corrected chi connectivity index (χ3v) is 5.88. The Hall–Kier alpha value is -2.21. The van der Waals surface area contributed by atoms with Crippen LogP contribution in [0.3, 0.4) is 0 Å². The number of nitrogens with zero attached hydrogens (tertiary/aromatic N) is 4. The number of pyridine rings is 1. The molecule has 1 amide bonds. The summed E-state index contributed by atoms with van der Waals surface area (Å²) in [5, 5.41) is 0. The number of hydrogen-bond acceptors (Lipinski definition) is 4. The summed E-state index contributed by atoms with van der Waals surface area (Å²) < 4.78 is 0. The molecule has 2 aliphatic rings. The van der Waals surface area contributed by atoms with Crippen molar-refractivity contribution in [3.8, 4) is 0 Å². The minimum Gasteiger partial charge on any atom is -0.345 e. The fraction of sp³-hybridized carbons (Fsp3) is 0.550. The minimum atomic E-state index is -0.152. The highest BCUT2D eigenvalue weighted by Gasteiger charge is 2.45. The van der Waals surface area contributed by atoms with Gasteiger partial charge in [-0.15, -0.1) is 0 Å². The fourth-order valence-corrected chi connectivity index (χ4v) is 4.41. The molecule has 0 saturated carbocycles. The van der Waals surface area contributed by atoms with Crippen LogP contribution in [0.15, 0.2) is 30.7 Å². The Balaban J connectivity index is 1.38. The van der Waals surface area contributed by atoms with Crippen LogP contribution in [0, 0.1) is 12.3 Å². The van der Waals surface area contributed by atoms with Crippen LogP contribution in [0.2, 0.25) is 0 Å². The number of aromatic amines is 1. The van der Waals surface area contributed by atoms with E-state index in [2.05, 4.69) is 30.8 Å². The minimum absolute atomic E-state index is 0.152.